The zero-order chi connectivity index (χ0) is 27.8. The molecule has 1 unspecified atom stereocenters. The average Bonchev–Trinajstić information content (AvgIpc) is 2.94. The summed E-state index contributed by atoms with van der Waals surface area (Å²) in [6.07, 6.45) is 3.27. The van der Waals surface area contributed by atoms with Crippen LogP contribution in [0.4, 0.5) is 0 Å². The Morgan fingerprint density at radius 3 is 2.31 bits per heavy atom. The summed E-state index contributed by atoms with van der Waals surface area (Å²) in [6.45, 7) is 7.56. The van der Waals surface area contributed by atoms with Gasteiger partial charge in [0.2, 0.25) is 5.88 Å². The number of fused-ring (bicyclic) bond motifs is 1. The quantitative estimate of drug-likeness (QED) is 0.168. The first-order valence-electron chi connectivity index (χ1n) is 13.3. The van der Waals surface area contributed by atoms with Crippen LogP contribution in [0, 0.1) is 17.2 Å². The van der Waals surface area contributed by atoms with Crippen LogP contribution in [0.25, 0.3) is 0 Å². The van der Waals surface area contributed by atoms with Crippen molar-refractivity contribution in [3.63, 3.8) is 0 Å². The molecule has 0 aromatic heterocycles. The van der Waals surface area contributed by atoms with Gasteiger partial charge in [0.25, 0.3) is 0 Å². The van der Waals surface area contributed by atoms with Crippen molar-refractivity contribution in [3.8, 4) is 29.1 Å². The van der Waals surface area contributed by atoms with E-state index in [9.17, 15) is 10.1 Å². The molecule has 0 saturated carbocycles. The normalized spacial score (nSPS) is 14.3. The highest BCUT2D eigenvalue weighted by molar-refractivity contribution is 5.91. The van der Waals surface area contributed by atoms with Gasteiger partial charge in [0, 0.05) is 11.6 Å². The highest BCUT2D eigenvalue weighted by Gasteiger charge is 2.31. The van der Waals surface area contributed by atoms with E-state index < -0.39 is 11.9 Å². The molecule has 0 saturated heterocycles. The van der Waals surface area contributed by atoms with Gasteiger partial charge in [-0.05, 0) is 60.4 Å². The molecule has 1 aliphatic heterocycles. The molecule has 0 radical (unpaired) electrons. The minimum Gasteiger partial charge on any atom is -0.494 e. The summed E-state index contributed by atoms with van der Waals surface area (Å²) in [5.41, 5.74) is 8.50. The summed E-state index contributed by atoms with van der Waals surface area (Å²) in [5.74, 6) is 1.71. The average molecular weight is 527 g/mol. The Bertz CT molecular complexity index is 1350. The molecule has 1 atom stereocenters. The molecule has 3 aromatic carbocycles. The van der Waals surface area contributed by atoms with E-state index in [4.69, 9.17) is 24.7 Å². The number of hydrogen-bond acceptors (Lipinski definition) is 7. The van der Waals surface area contributed by atoms with E-state index >= 15 is 0 Å². The second kappa shape index (κ2) is 12.9. The SMILES string of the molecule is CCCCCOc1ccc(C2C(C#N)=C(N)Oc3cc(OC(=O)c4ccc(OCC(C)C)cc4)ccc32)cc1. The van der Waals surface area contributed by atoms with E-state index in [0.29, 0.717) is 47.5 Å². The molecule has 0 aliphatic carbocycles. The Labute approximate surface area is 229 Å². The Balaban J connectivity index is 1.50. The summed E-state index contributed by atoms with van der Waals surface area (Å²) in [7, 11) is 0. The third kappa shape index (κ3) is 6.91. The molecule has 39 heavy (non-hydrogen) atoms. The van der Waals surface area contributed by atoms with E-state index in [1.54, 1.807) is 42.5 Å². The third-order valence-corrected chi connectivity index (χ3v) is 6.30. The number of nitriles is 1. The van der Waals surface area contributed by atoms with Crippen LogP contribution in [-0.2, 0) is 0 Å². The maximum Gasteiger partial charge on any atom is 0.343 e. The molecule has 1 aliphatic rings. The van der Waals surface area contributed by atoms with Gasteiger partial charge in [-0.15, -0.1) is 0 Å². The summed E-state index contributed by atoms with van der Waals surface area (Å²) in [4.78, 5) is 12.8. The highest BCUT2D eigenvalue weighted by Crippen LogP contribution is 2.43. The molecule has 3 aromatic rings. The number of benzene rings is 3. The van der Waals surface area contributed by atoms with Gasteiger partial charge in [-0.25, -0.2) is 4.79 Å². The Morgan fingerprint density at radius 1 is 0.974 bits per heavy atom. The number of carbonyl (C=O) groups excluding carboxylic acids is 1. The van der Waals surface area contributed by atoms with Crippen LogP contribution in [0.1, 0.15) is 67.4 Å². The Kier molecular flexibility index (Phi) is 9.11. The largest absolute Gasteiger partial charge is 0.494 e. The maximum atomic E-state index is 12.8. The van der Waals surface area contributed by atoms with Gasteiger partial charge in [0.1, 0.15) is 34.6 Å². The standard InChI is InChI=1S/C32H34N2O5/c1-4-5-6-17-36-24-11-7-22(8-12-24)30-27-16-15-26(18-29(27)39-31(34)28(30)19-33)38-32(35)23-9-13-25(14-10-23)37-20-21(2)3/h7-16,18,21,30H,4-6,17,20,34H2,1-3H3. The zero-order valence-corrected chi connectivity index (χ0v) is 22.6. The van der Waals surface area contributed by atoms with Gasteiger partial charge in [-0.1, -0.05) is 51.8 Å². The highest BCUT2D eigenvalue weighted by atomic mass is 16.5. The number of hydrogen-bond donors (Lipinski definition) is 1. The van der Waals surface area contributed by atoms with Gasteiger partial charge >= 0.3 is 5.97 Å². The first-order valence-corrected chi connectivity index (χ1v) is 13.3. The number of rotatable bonds is 11. The first-order chi connectivity index (χ1) is 18.9. The van der Waals surface area contributed by atoms with Crippen molar-refractivity contribution >= 4 is 5.97 Å². The summed E-state index contributed by atoms with van der Waals surface area (Å²) in [6, 6.07) is 21.8. The smallest absolute Gasteiger partial charge is 0.343 e. The lowest BCUT2D eigenvalue weighted by Crippen LogP contribution is -2.21. The lowest BCUT2D eigenvalue weighted by molar-refractivity contribution is 0.0734. The molecule has 0 bridgehead atoms. The predicted octanol–water partition coefficient (Wildman–Crippen LogP) is 6.73. The minimum absolute atomic E-state index is 0.0235. The van der Waals surface area contributed by atoms with Crippen molar-refractivity contribution in [1.82, 2.24) is 0 Å². The predicted molar refractivity (Wildman–Crippen MR) is 149 cm³/mol. The van der Waals surface area contributed by atoms with Crippen molar-refractivity contribution in [3.05, 3.63) is 94.9 Å². The van der Waals surface area contributed by atoms with Crippen molar-refractivity contribution < 1.29 is 23.7 Å². The van der Waals surface area contributed by atoms with Crippen molar-refractivity contribution in [2.75, 3.05) is 13.2 Å². The number of allylic oxidation sites excluding steroid dienone is 1. The lowest BCUT2D eigenvalue weighted by Gasteiger charge is -2.26. The van der Waals surface area contributed by atoms with Crippen LogP contribution in [0.2, 0.25) is 0 Å². The molecule has 2 N–H and O–H groups in total. The van der Waals surface area contributed by atoms with Gasteiger partial charge < -0.3 is 24.7 Å². The topological polar surface area (TPSA) is 104 Å². The number of nitrogens with zero attached hydrogens (tertiary/aromatic N) is 1. The summed E-state index contributed by atoms with van der Waals surface area (Å²) in [5, 5.41) is 9.85. The van der Waals surface area contributed by atoms with Gasteiger partial charge in [-0.3, -0.25) is 0 Å². The molecule has 7 nitrogen and oxygen atoms in total. The van der Waals surface area contributed by atoms with Crippen LogP contribution < -0.4 is 24.7 Å². The number of unbranched alkanes of at least 4 members (excludes halogenated alkanes) is 2. The van der Waals surface area contributed by atoms with Gasteiger partial charge in [0.05, 0.1) is 24.7 Å². The maximum absolute atomic E-state index is 12.8. The molecular formula is C32H34N2O5. The van der Waals surface area contributed by atoms with Crippen LogP contribution in [0.5, 0.6) is 23.0 Å². The molecule has 7 heteroatoms. The number of carbonyl (C=O) groups is 1. The third-order valence-electron chi connectivity index (χ3n) is 6.30. The van der Waals surface area contributed by atoms with Gasteiger partial charge in [0.15, 0.2) is 0 Å². The molecule has 1 heterocycles. The second-order valence-corrected chi connectivity index (χ2v) is 9.87. The fraction of sp³-hybridized carbons (Fsp3) is 0.312. The van der Waals surface area contributed by atoms with Crippen molar-refractivity contribution in [1.29, 1.82) is 5.26 Å². The van der Waals surface area contributed by atoms with E-state index in [0.717, 1.165) is 36.1 Å². The van der Waals surface area contributed by atoms with Gasteiger partial charge in [-0.2, -0.15) is 5.26 Å². The number of nitrogens with two attached hydrogens (primary N) is 1. The fourth-order valence-electron chi connectivity index (χ4n) is 4.26. The second-order valence-electron chi connectivity index (χ2n) is 9.87. The van der Waals surface area contributed by atoms with Crippen LogP contribution in [0.15, 0.2) is 78.2 Å². The first kappa shape index (κ1) is 27.6. The van der Waals surface area contributed by atoms with Crippen LogP contribution in [0.3, 0.4) is 0 Å². The summed E-state index contributed by atoms with van der Waals surface area (Å²) < 4.78 is 22.9. The zero-order valence-electron chi connectivity index (χ0n) is 22.6. The fourth-order valence-corrected chi connectivity index (χ4v) is 4.26. The van der Waals surface area contributed by atoms with E-state index in [2.05, 4.69) is 26.8 Å². The molecule has 202 valence electrons. The molecular weight excluding hydrogens is 492 g/mol. The number of esters is 1. The molecule has 0 fully saturated rings. The molecule has 0 spiro atoms. The van der Waals surface area contributed by atoms with Crippen LogP contribution in [-0.4, -0.2) is 19.2 Å². The monoisotopic (exact) mass is 526 g/mol. The Hall–Kier alpha value is -4.44. The lowest BCUT2D eigenvalue weighted by atomic mass is 9.83. The minimum atomic E-state index is -0.506. The molecule has 0 amide bonds. The van der Waals surface area contributed by atoms with Crippen molar-refractivity contribution in [2.24, 2.45) is 11.7 Å². The van der Waals surface area contributed by atoms with E-state index in [-0.39, 0.29) is 5.88 Å². The van der Waals surface area contributed by atoms with Crippen molar-refractivity contribution in [2.45, 2.75) is 46.0 Å². The number of ether oxygens (including phenoxy) is 4. The summed E-state index contributed by atoms with van der Waals surface area (Å²) >= 11 is 0. The van der Waals surface area contributed by atoms with Crippen LogP contribution >= 0.6 is 0 Å². The Morgan fingerprint density at radius 2 is 1.64 bits per heavy atom. The van der Waals surface area contributed by atoms with E-state index in [1.165, 1.54) is 0 Å². The molecule has 4 rings (SSSR count). The van der Waals surface area contributed by atoms with E-state index in [1.807, 2.05) is 24.3 Å².